The van der Waals surface area contributed by atoms with Gasteiger partial charge in [-0.05, 0) is 20.4 Å². The van der Waals surface area contributed by atoms with E-state index in [-0.39, 0.29) is 11.5 Å². The van der Waals surface area contributed by atoms with Gasteiger partial charge in [-0.1, -0.05) is 5.21 Å². The Morgan fingerprint density at radius 1 is 1.69 bits per heavy atom. The Morgan fingerprint density at radius 3 is 3.00 bits per heavy atom. The number of rotatable bonds is 4. The van der Waals surface area contributed by atoms with Crippen LogP contribution in [0.3, 0.4) is 0 Å². The third-order valence-corrected chi connectivity index (χ3v) is 3.54. The Labute approximate surface area is 96.2 Å². The van der Waals surface area contributed by atoms with E-state index in [0.717, 1.165) is 31.7 Å². The van der Waals surface area contributed by atoms with E-state index in [2.05, 4.69) is 22.6 Å². The number of hydrogen-bond acceptors (Lipinski definition) is 4. The smallest absolute Gasteiger partial charge is 0.0834 e. The summed E-state index contributed by atoms with van der Waals surface area (Å²) in [5.41, 5.74) is 1.22. The number of aryl methyl sites for hydroxylation is 1. The SMILES string of the molecule is CNCC1(Cc2cn(C)nn2)CCOC1C. The van der Waals surface area contributed by atoms with E-state index >= 15 is 0 Å². The monoisotopic (exact) mass is 224 g/mol. The van der Waals surface area contributed by atoms with E-state index in [1.54, 1.807) is 4.68 Å². The molecule has 1 N–H and O–H groups in total. The summed E-state index contributed by atoms with van der Waals surface area (Å²) in [5, 5.41) is 11.4. The number of aromatic nitrogens is 3. The molecule has 2 unspecified atom stereocenters. The maximum atomic E-state index is 5.71. The fourth-order valence-corrected chi connectivity index (χ4v) is 2.53. The maximum absolute atomic E-state index is 5.71. The predicted octanol–water partition coefficient (Wildman–Crippen LogP) is 0.372. The van der Waals surface area contributed by atoms with E-state index in [0.29, 0.717) is 0 Å². The molecule has 1 aliphatic heterocycles. The highest BCUT2D eigenvalue weighted by atomic mass is 16.5. The molecule has 0 aromatic carbocycles. The fraction of sp³-hybridized carbons (Fsp3) is 0.818. The Bertz CT molecular complexity index is 352. The average Bonchev–Trinajstić information content (AvgIpc) is 2.77. The minimum absolute atomic E-state index is 0.171. The Hall–Kier alpha value is -0.940. The summed E-state index contributed by atoms with van der Waals surface area (Å²) >= 11 is 0. The fourth-order valence-electron chi connectivity index (χ4n) is 2.53. The molecule has 0 amide bonds. The molecule has 0 aliphatic carbocycles. The van der Waals surface area contributed by atoms with Crippen LogP contribution in [0.25, 0.3) is 0 Å². The van der Waals surface area contributed by atoms with Gasteiger partial charge in [-0.2, -0.15) is 0 Å². The molecule has 0 saturated carbocycles. The van der Waals surface area contributed by atoms with Crippen LogP contribution < -0.4 is 5.32 Å². The predicted molar refractivity (Wildman–Crippen MR) is 61.1 cm³/mol. The molecule has 0 bridgehead atoms. The molecule has 1 fully saturated rings. The zero-order valence-electron chi connectivity index (χ0n) is 10.2. The van der Waals surface area contributed by atoms with Crippen molar-refractivity contribution in [3.05, 3.63) is 11.9 Å². The quantitative estimate of drug-likeness (QED) is 0.803. The van der Waals surface area contributed by atoms with Crippen LogP contribution >= 0.6 is 0 Å². The molecule has 1 aromatic heterocycles. The molecule has 90 valence electrons. The van der Waals surface area contributed by atoms with Gasteiger partial charge < -0.3 is 10.1 Å². The zero-order chi connectivity index (χ0) is 11.6. The lowest BCUT2D eigenvalue weighted by atomic mass is 9.77. The number of hydrogen-bond donors (Lipinski definition) is 1. The lowest BCUT2D eigenvalue weighted by molar-refractivity contribution is 0.0635. The van der Waals surface area contributed by atoms with Crippen molar-refractivity contribution in [1.82, 2.24) is 20.3 Å². The van der Waals surface area contributed by atoms with Crippen molar-refractivity contribution < 1.29 is 4.74 Å². The molecule has 2 heterocycles. The maximum Gasteiger partial charge on any atom is 0.0834 e. The zero-order valence-corrected chi connectivity index (χ0v) is 10.2. The molecule has 1 aliphatic rings. The summed E-state index contributed by atoms with van der Waals surface area (Å²) in [5.74, 6) is 0. The summed E-state index contributed by atoms with van der Waals surface area (Å²) in [6, 6.07) is 0. The van der Waals surface area contributed by atoms with E-state index < -0.39 is 0 Å². The second kappa shape index (κ2) is 4.51. The summed E-state index contributed by atoms with van der Waals surface area (Å²) in [7, 11) is 3.89. The van der Waals surface area contributed by atoms with Crippen molar-refractivity contribution in [2.24, 2.45) is 12.5 Å². The average molecular weight is 224 g/mol. The second-order valence-corrected chi connectivity index (χ2v) is 4.72. The standard InChI is InChI=1S/C11H20N4O/c1-9-11(8-12-2,4-5-16-9)6-10-7-15(3)14-13-10/h7,9,12H,4-6,8H2,1-3H3. The van der Waals surface area contributed by atoms with E-state index in [4.69, 9.17) is 4.74 Å². The molecule has 2 atom stereocenters. The van der Waals surface area contributed by atoms with Gasteiger partial charge in [0.2, 0.25) is 0 Å². The lowest BCUT2D eigenvalue weighted by Crippen LogP contribution is -2.40. The molecule has 16 heavy (non-hydrogen) atoms. The van der Waals surface area contributed by atoms with E-state index in [1.165, 1.54) is 0 Å². The molecule has 0 radical (unpaired) electrons. The number of ether oxygens (including phenoxy) is 1. The minimum Gasteiger partial charge on any atom is -0.378 e. The van der Waals surface area contributed by atoms with E-state index in [1.807, 2.05) is 20.3 Å². The molecule has 5 nitrogen and oxygen atoms in total. The highest BCUT2D eigenvalue weighted by molar-refractivity contribution is 5.03. The highest BCUT2D eigenvalue weighted by Crippen LogP contribution is 2.37. The number of nitrogens with zero attached hydrogens (tertiary/aromatic N) is 3. The Balaban J connectivity index is 2.14. The van der Waals surface area contributed by atoms with Crippen molar-refractivity contribution in [3.8, 4) is 0 Å². The van der Waals surface area contributed by atoms with Gasteiger partial charge in [0.25, 0.3) is 0 Å². The molecular formula is C11H20N4O. The summed E-state index contributed by atoms with van der Waals surface area (Å²) in [4.78, 5) is 0. The van der Waals surface area contributed by atoms with Gasteiger partial charge in [-0.15, -0.1) is 5.10 Å². The first-order valence-corrected chi connectivity index (χ1v) is 5.78. The van der Waals surface area contributed by atoms with Crippen LogP contribution in [0.5, 0.6) is 0 Å². The van der Waals surface area contributed by atoms with Gasteiger partial charge in [-0.25, -0.2) is 0 Å². The topological polar surface area (TPSA) is 52.0 Å². The van der Waals surface area contributed by atoms with Crippen molar-refractivity contribution in [3.63, 3.8) is 0 Å². The molecular weight excluding hydrogens is 204 g/mol. The minimum atomic E-state index is 0.171. The van der Waals surface area contributed by atoms with Crippen LogP contribution in [0.1, 0.15) is 19.0 Å². The van der Waals surface area contributed by atoms with Crippen LogP contribution in [0.2, 0.25) is 0 Å². The first kappa shape index (κ1) is 11.5. The van der Waals surface area contributed by atoms with Crippen LogP contribution in [0, 0.1) is 5.41 Å². The van der Waals surface area contributed by atoms with Crippen molar-refractivity contribution in [2.45, 2.75) is 25.9 Å². The van der Waals surface area contributed by atoms with E-state index in [9.17, 15) is 0 Å². The summed E-state index contributed by atoms with van der Waals surface area (Å²) < 4.78 is 7.46. The van der Waals surface area contributed by atoms with Crippen LogP contribution in [0.15, 0.2) is 6.20 Å². The molecule has 5 heteroatoms. The van der Waals surface area contributed by atoms with Gasteiger partial charge in [0, 0.05) is 38.2 Å². The molecule has 1 saturated heterocycles. The lowest BCUT2D eigenvalue weighted by Gasteiger charge is -2.31. The Kier molecular flexibility index (Phi) is 3.25. The summed E-state index contributed by atoms with van der Waals surface area (Å²) in [6.45, 7) is 3.97. The van der Waals surface area contributed by atoms with Gasteiger partial charge in [0.15, 0.2) is 0 Å². The number of nitrogens with one attached hydrogen (secondary N) is 1. The van der Waals surface area contributed by atoms with Gasteiger partial charge in [0.05, 0.1) is 11.8 Å². The normalized spacial score (nSPS) is 29.8. The van der Waals surface area contributed by atoms with Crippen LogP contribution in [0.4, 0.5) is 0 Å². The van der Waals surface area contributed by atoms with Gasteiger partial charge in [0.1, 0.15) is 0 Å². The molecule has 1 aromatic rings. The first-order valence-electron chi connectivity index (χ1n) is 5.78. The van der Waals surface area contributed by atoms with Crippen LogP contribution in [-0.2, 0) is 18.2 Å². The third-order valence-electron chi connectivity index (χ3n) is 3.54. The molecule has 0 spiro atoms. The van der Waals surface area contributed by atoms with Crippen molar-refractivity contribution >= 4 is 0 Å². The largest absolute Gasteiger partial charge is 0.378 e. The highest BCUT2D eigenvalue weighted by Gasteiger charge is 2.41. The van der Waals surface area contributed by atoms with Gasteiger partial charge >= 0.3 is 0 Å². The second-order valence-electron chi connectivity index (χ2n) is 4.72. The van der Waals surface area contributed by atoms with Crippen LogP contribution in [-0.4, -0.2) is 41.3 Å². The first-order chi connectivity index (χ1) is 7.66. The Morgan fingerprint density at radius 2 is 2.50 bits per heavy atom. The van der Waals surface area contributed by atoms with Crippen molar-refractivity contribution in [1.29, 1.82) is 0 Å². The summed E-state index contributed by atoms with van der Waals surface area (Å²) in [6.07, 6.45) is 4.29. The van der Waals surface area contributed by atoms with Crippen molar-refractivity contribution in [2.75, 3.05) is 20.2 Å². The van der Waals surface area contributed by atoms with Gasteiger partial charge in [-0.3, -0.25) is 4.68 Å². The molecule has 2 rings (SSSR count). The third kappa shape index (κ3) is 2.10.